The Morgan fingerprint density at radius 1 is 1.02 bits per heavy atom. The molecule has 0 saturated carbocycles. The van der Waals surface area contributed by atoms with Gasteiger partial charge in [0.25, 0.3) is 5.56 Å². The standard InChI is InChI=1S/C31H27F5N2O2S/c1-16-8-4-5-9-18(16)28(37)24-15-41-30-20(14-21-22(31(34,35)36)11-7-12-23(21)32)17(2)26(29(39)38(24)30)19-10-6-13-25(40-3)27(19)33/h4-13,24,28H,14-15,37H2,1-3H3/t24-,28?/m0/s1. The molecule has 41 heavy (non-hydrogen) atoms. The van der Waals surface area contributed by atoms with E-state index in [2.05, 4.69) is 0 Å². The SMILES string of the molecule is COc1cccc(-c2c(C)c(Cc3c(F)cccc3C(F)(F)F)c3n(c2=O)[C@H](C(N)c2ccccc2C)CS3)c1F. The molecule has 0 spiro atoms. The van der Waals surface area contributed by atoms with Crippen LogP contribution in [0.4, 0.5) is 22.0 Å². The van der Waals surface area contributed by atoms with Crippen molar-refractivity contribution in [2.75, 3.05) is 12.9 Å². The summed E-state index contributed by atoms with van der Waals surface area (Å²) >= 11 is 1.27. The van der Waals surface area contributed by atoms with Crippen molar-refractivity contribution >= 4 is 11.8 Å². The van der Waals surface area contributed by atoms with Gasteiger partial charge in [-0.2, -0.15) is 13.2 Å². The predicted octanol–water partition coefficient (Wildman–Crippen LogP) is 7.38. The Kier molecular flexibility index (Phi) is 7.74. The average Bonchev–Trinajstić information content (AvgIpc) is 3.37. The molecule has 1 aliphatic rings. The fraction of sp³-hybridized carbons (Fsp3) is 0.258. The number of rotatable bonds is 6. The molecule has 0 aliphatic carbocycles. The van der Waals surface area contributed by atoms with Gasteiger partial charge in [0, 0.05) is 23.3 Å². The minimum Gasteiger partial charge on any atom is -0.494 e. The summed E-state index contributed by atoms with van der Waals surface area (Å²) in [4.78, 5) is 14.2. The zero-order valence-electron chi connectivity index (χ0n) is 22.5. The summed E-state index contributed by atoms with van der Waals surface area (Å²) in [6.45, 7) is 3.45. The van der Waals surface area contributed by atoms with Crippen LogP contribution in [-0.2, 0) is 12.6 Å². The molecule has 4 nitrogen and oxygen atoms in total. The van der Waals surface area contributed by atoms with E-state index in [1.54, 1.807) is 6.92 Å². The van der Waals surface area contributed by atoms with E-state index in [0.29, 0.717) is 16.3 Å². The number of hydrogen-bond acceptors (Lipinski definition) is 4. The number of ether oxygens (including phenoxy) is 1. The molecule has 0 amide bonds. The number of thioether (sulfide) groups is 1. The highest BCUT2D eigenvalue weighted by Gasteiger charge is 2.38. The molecule has 5 rings (SSSR count). The summed E-state index contributed by atoms with van der Waals surface area (Å²) < 4.78 is 79.0. The van der Waals surface area contributed by atoms with Crippen molar-refractivity contribution in [3.05, 3.63) is 116 Å². The number of alkyl halides is 3. The summed E-state index contributed by atoms with van der Waals surface area (Å²) in [6, 6.07) is 13.4. The lowest BCUT2D eigenvalue weighted by molar-refractivity contribution is -0.138. The molecule has 4 aromatic rings. The first-order chi connectivity index (χ1) is 19.5. The van der Waals surface area contributed by atoms with Crippen LogP contribution in [0.3, 0.4) is 0 Å². The van der Waals surface area contributed by atoms with Gasteiger partial charge < -0.3 is 10.5 Å². The van der Waals surface area contributed by atoms with Crippen molar-refractivity contribution < 1.29 is 26.7 Å². The third kappa shape index (κ3) is 5.04. The first kappa shape index (κ1) is 28.9. The van der Waals surface area contributed by atoms with Crippen molar-refractivity contribution in [3.8, 4) is 16.9 Å². The number of hydrogen-bond donors (Lipinski definition) is 1. The highest BCUT2D eigenvalue weighted by Crippen LogP contribution is 2.45. The van der Waals surface area contributed by atoms with E-state index >= 15 is 8.78 Å². The molecule has 214 valence electrons. The smallest absolute Gasteiger partial charge is 0.416 e. The third-order valence-corrected chi connectivity index (χ3v) is 8.88. The summed E-state index contributed by atoms with van der Waals surface area (Å²) in [6.07, 6.45) is -5.26. The molecule has 1 aromatic heterocycles. The van der Waals surface area contributed by atoms with Gasteiger partial charge in [-0.1, -0.05) is 42.5 Å². The van der Waals surface area contributed by atoms with E-state index in [1.807, 2.05) is 31.2 Å². The molecule has 0 fully saturated rings. The van der Waals surface area contributed by atoms with E-state index < -0.39 is 53.0 Å². The van der Waals surface area contributed by atoms with E-state index in [1.165, 1.54) is 41.6 Å². The molecule has 0 saturated heterocycles. The number of nitrogens with two attached hydrogens (primary N) is 1. The molecule has 3 aromatic carbocycles. The van der Waals surface area contributed by atoms with Crippen LogP contribution in [0, 0.1) is 25.5 Å². The van der Waals surface area contributed by atoms with Crippen LogP contribution in [0.2, 0.25) is 0 Å². The van der Waals surface area contributed by atoms with Crippen LogP contribution >= 0.6 is 11.8 Å². The lowest BCUT2D eigenvalue weighted by atomic mass is 9.91. The predicted molar refractivity (Wildman–Crippen MR) is 149 cm³/mol. The molecule has 2 N–H and O–H groups in total. The Morgan fingerprint density at radius 2 is 1.73 bits per heavy atom. The highest BCUT2D eigenvalue weighted by molar-refractivity contribution is 7.99. The lowest BCUT2D eigenvalue weighted by Crippen LogP contribution is -2.33. The number of nitrogens with zero attached hydrogens (tertiary/aromatic N) is 1. The van der Waals surface area contributed by atoms with Gasteiger partial charge in [-0.15, -0.1) is 11.8 Å². The minimum absolute atomic E-state index is 0.0328. The second-order valence-corrected chi connectivity index (χ2v) is 11.0. The third-order valence-electron chi connectivity index (χ3n) is 7.65. The monoisotopic (exact) mass is 586 g/mol. The van der Waals surface area contributed by atoms with Crippen molar-refractivity contribution in [2.45, 2.75) is 43.6 Å². The minimum atomic E-state index is -4.80. The Labute approximate surface area is 238 Å². The van der Waals surface area contributed by atoms with E-state index in [4.69, 9.17) is 10.5 Å². The van der Waals surface area contributed by atoms with Gasteiger partial charge in [-0.25, -0.2) is 8.78 Å². The van der Waals surface area contributed by atoms with E-state index in [-0.39, 0.29) is 22.4 Å². The van der Waals surface area contributed by atoms with Gasteiger partial charge in [-0.3, -0.25) is 9.36 Å². The Bertz CT molecular complexity index is 1700. The lowest BCUT2D eigenvalue weighted by Gasteiger charge is -2.26. The molecule has 1 aliphatic heterocycles. The van der Waals surface area contributed by atoms with Crippen molar-refractivity contribution in [1.82, 2.24) is 4.57 Å². The number of methoxy groups -OCH3 is 1. The summed E-state index contributed by atoms with van der Waals surface area (Å²) in [7, 11) is 1.29. The van der Waals surface area contributed by atoms with Gasteiger partial charge >= 0.3 is 6.18 Å². The maximum atomic E-state index is 15.6. The van der Waals surface area contributed by atoms with Crippen LogP contribution < -0.4 is 16.0 Å². The van der Waals surface area contributed by atoms with Gasteiger partial charge in [0.2, 0.25) is 0 Å². The summed E-state index contributed by atoms with van der Waals surface area (Å²) in [5.41, 5.74) is 6.74. The maximum Gasteiger partial charge on any atom is 0.416 e. The summed E-state index contributed by atoms with van der Waals surface area (Å²) in [5, 5.41) is 0.393. The second kappa shape index (κ2) is 11.0. The molecular weight excluding hydrogens is 559 g/mol. The quantitative estimate of drug-likeness (QED) is 0.240. The van der Waals surface area contributed by atoms with Gasteiger partial charge in [0.1, 0.15) is 5.82 Å². The molecule has 2 atom stereocenters. The summed E-state index contributed by atoms with van der Waals surface area (Å²) in [5.74, 6) is -1.54. The van der Waals surface area contributed by atoms with Gasteiger partial charge in [-0.05, 0) is 54.3 Å². The maximum absolute atomic E-state index is 15.6. The van der Waals surface area contributed by atoms with Crippen LogP contribution in [0.5, 0.6) is 5.75 Å². The topological polar surface area (TPSA) is 57.2 Å². The molecule has 0 radical (unpaired) electrons. The molecule has 10 heteroatoms. The number of halogens is 5. The molecular formula is C31H27F5N2O2S. The van der Waals surface area contributed by atoms with Crippen molar-refractivity contribution in [1.29, 1.82) is 0 Å². The van der Waals surface area contributed by atoms with Crippen molar-refractivity contribution in [3.63, 3.8) is 0 Å². The van der Waals surface area contributed by atoms with Crippen LogP contribution in [0.1, 0.15) is 45.5 Å². The Balaban J connectivity index is 1.79. The number of fused-ring (bicyclic) bond motifs is 1. The fourth-order valence-electron chi connectivity index (χ4n) is 5.53. The molecule has 2 heterocycles. The van der Waals surface area contributed by atoms with Crippen LogP contribution in [-0.4, -0.2) is 17.4 Å². The number of pyridine rings is 1. The van der Waals surface area contributed by atoms with Gasteiger partial charge in [0.15, 0.2) is 11.6 Å². The number of aryl methyl sites for hydroxylation is 1. The van der Waals surface area contributed by atoms with Crippen LogP contribution in [0.25, 0.3) is 11.1 Å². The van der Waals surface area contributed by atoms with Crippen molar-refractivity contribution in [2.24, 2.45) is 5.73 Å². The molecule has 1 unspecified atom stereocenters. The van der Waals surface area contributed by atoms with Crippen LogP contribution in [0.15, 0.2) is 70.5 Å². The zero-order chi connectivity index (χ0) is 29.6. The largest absolute Gasteiger partial charge is 0.494 e. The zero-order valence-corrected chi connectivity index (χ0v) is 23.3. The first-order valence-electron chi connectivity index (χ1n) is 12.8. The number of benzene rings is 3. The van der Waals surface area contributed by atoms with E-state index in [0.717, 1.165) is 29.3 Å². The molecule has 0 bridgehead atoms. The second-order valence-electron chi connectivity index (χ2n) is 9.98. The van der Waals surface area contributed by atoms with E-state index in [9.17, 15) is 18.0 Å². The number of aromatic nitrogens is 1. The highest BCUT2D eigenvalue weighted by atomic mass is 32.2. The first-order valence-corrected chi connectivity index (χ1v) is 13.8. The fourth-order valence-corrected chi connectivity index (χ4v) is 6.97. The Morgan fingerprint density at radius 3 is 2.41 bits per heavy atom. The Hall–Kier alpha value is -3.63. The average molecular weight is 587 g/mol. The normalized spacial score (nSPS) is 15.6. The van der Waals surface area contributed by atoms with Gasteiger partial charge in [0.05, 0.1) is 35.3 Å².